The zero-order valence-electron chi connectivity index (χ0n) is 24.6. The molecule has 0 saturated carbocycles. The Morgan fingerprint density at radius 3 is 1.98 bits per heavy atom. The molecule has 4 nitrogen and oxygen atoms in total. The van der Waals surface area contributed by atoms with Crippen LogP contribution in [0.5, 0.6) is 0 Å². The highest BCUT2D eigenvalue weighted by Crippen LogP contribution is 2.47. The van der Waals surface area contributed by atoms with Crippen LogP contribution in [0.4, 0.5) is 0 Å². The molecular formula is C42H24N4. The molecule has 0 atom stereocenters. The zero-order valence-corrected chi connectivity index (χ0v) is 24.6. The summed E-state index contributed by atoms with van der Waals surface area (Å²) < 4.78 is 4.79. The Hall–Kier alpha value is -6.26. The van der Waals surface area contributed by atoms with Gasteiger partial charge in [0.25, 0.3) is 0 Å². The van der Waals surface area contributed by atoms with E-state index in [1.165, 1.54) is 59.6 Å². The molecule has 0 spiro atoms. The smallest absolute Gasteiger partial charge is 0.235 e. The molecule has 4 heterocycles. The molecule has 4 heteroatoms. The molecule has 212 valence electrons. The number of para-hydroxylation sites is 3. The Morgan fingerprint density at radius 2 is 1.11 bits per heavy atom. The summed E-state index contributed by atoms with van der Waals surface area (Å²) in [6.45, 7) is 0. The lowest BCUT2D eigenvalue weighted by Crippen LogP contribution is -2.03. The molecule has 0 saturated heterocycles. The summed E-state index contributed by atoms with van der Waals surface area (Å²) in [5, 5.41) is 11.0. The van der Waals surface area contributed by atoms with Crippen molar-refractivity contribution in [1.82, 2.24) is 18.9 Å². The summed E-state index contributed by atoms with van der Waals surface area (Å²) in [5.41, 5.74) is 8.91. The SMILES string of the molecule is c1ccc(-c2nc(-n3c4ccccc4c4c5c6ccc7ccccc7c6n6c7ccccc7c(cc43)c56)nc3ccccc23)cc1. The van der Waals surface area contributed by atoms with Crippen LogP contribution >= 0.6 is 0 Å². The highest BCUT2D eigenvalue weighted by atomic mass is 15.2. The fourth-order valence-corrected chi connectivity index (χ4v) is 7.96. The van der Waals surface area contributed by atoms with Gasteiger partial charge in [-0.05, 0) is 29.7 Å². The van der Waals surface area contributed by atoms with Crippen LogP contribution in [-0.4, -0.2) is 18.9 Å². The molecule has 0 amide bonds. The number of fused-ring (bicyclic) bond motifs is 13. The maximum Gasteiger partial charge on any atom is 0.235 e. The second kappa shape index (κ2) is 8.68. The van der Waals surface area contributed by atoms with E-state index >= 15 is 0 Å². The van der Waals surface area contributed by atoms with Crippen molar-refractivity contribution >= 4 is 81.6 Å². The quantitative estimate of drug-likeness (QED) is 0.203. The second-order valence-electron chi connectivity index (χ2n) is 12.2. The van der Waals surface area contributed by atoms with E-state index in [0.29, 0.717) is 5.95 Å². The molecule has 0 fully saturated rings. The van der Waals surface area contributed by atoms with Gasteiger partial charge in [0.1, 0.15) is 0 Å². The van der Waals surface area contributed by atoms with E-state index < -0.39 is 0 Å². The molecule has 7 aromatic carbocycles. The summed E-state index contributed by atoms with van der Waals surface area (Å²) in [6.07, 6.45) is 0. The van der Waals surface area contributed by atoms with Gasteiger partial charge >= 0.3 is 0 Å². The minimum Gasteiger partial charge on any atom is -0.307 e. The minimum absolute atomic E-state index is 0.677. The van der Waals surface area contributed by atoms with Crippen LogP contribution in [-0.2, 0) is 0 Å². The van der Waals surface area contributed by atoms with Crippen molar-refractivity contribution in [2.24, 2.45) is 0 Å². The van der Waals surface area contributed by atoms with Gasteiger partial charge in [0.15, 0.2) is 0 Å². The molecule has 0 unspecified atom stereocenters. The number of nitrogens with zero attached hydrogens (tertiary/aromatic N) is 4. The average molecular weight is 585 g/mol. The molecule has 0 radical (unpaired) electrons. The van der Waals surface area contributed by atoms with Gasteiger partial charge in [0, 0.05) is 48.7 Å². The lowest BCUT2D eigenvalue weighted by atomic mass is 10.0. The Morgan fingerprint density at radius 1 is 0.413 bits per heavy atom. The van der Waals surface area contributed by atoms with Gasteiger partial charge in [-0.1, -0.05) is 121 Å². The van der Waals surface area contributed by atoms with E-state index in [9.17, 15) is 0 Å². The molecule has 4 aromatic heterocycles. The summed E-state index contributed by atoms with van der Waals surface area (Å²) in [7, 11) is 0. The molecule has 11 aromatic rings. The van der Waals surface area contributed by atoms with Gasteiger partial charge in [-0.2, -0.15) is 0 Å². The fourth-order valence-electron chi connectivity index (χ4n) is 7.96. The van der Waals surface area contributed by atoms with E-state index in [1.807, 2.05) is 6.07 Å². The first-order chi connectivity index (χ1) is 22.8. The van der Waals surface area contributed by atoms with Crippen LogP contribution in [0.1, 0.15) is 0 Å². The van der Waals surface area contributed by atoms with Crippen molar-refractivity contribution in [1.29, 1.82) is 0 Å². The predicted octanol–water partition coefficient (Wildman–Crippen LogP) is 10.7. The predicted molar refractivity (Wildman–Crippen MR) is 191 cm³/mol. The highest BCUT2D eigenvalue weighted by molar-refractivity contribution is 6.37. The first-order valence-electron chi connectivity index (χ1n) is 15.7. The van der Waals surface area contributed by atoms with Crippen LogP contribution in [0.25, 0.3) is 98.8 Å². The molecular weight excluding hydrogens is 560 g/mol. The highest BCUT2D eigenvalue weighted by Gasteiger charge is 2.25. The lowest BCUT2D eigenvalue weighted by Gasteiger charge is -2.12. The van der Waals surface area contributed by atoms with Crippen LogP contribution in [0.3, 0.4) is 0 Å². The molecule has 46 heavy (non-hydrogen) atoms. The third-order valence-corrected chi connectivity index (χ3v) is 9.83. The van der Waals surface area contributed by atoms with Gasteiger partial charge < -0.3 is 4.40 Å². The van der Waals surface area contributed by atoms with Crippen molar-refractivity contribution in [3.05, 3.63) is 146 Å². The van der Waals surface area contributed by atoms with Crippen molar-refractivity contribution in [2.75, 3.05) is 0 Å². The van der Waals surface area contributed by atoms with Crippen LogP contribution in [0, 0.1) is 0 Å². The average Bonchev–Trinajstić information content (AvgIpc) is 3.76. The van der Waals surface area contributed by atoms with Crippen LogP contribution < -0.4 is 0 Å². The van der Waals surface area contributed by atoms with E-state index in [-0.39, 0.29) is 0 Å². The van der Waals surface area contributed by atoms with Gasteiger partial charge in [-0.3, -0.25) is 4.57 Å². The van der Waals surface area contributed by atoms with Crippen LogP contribution in [0.2, 0.25) is 0 Å². The number of aromatic nitrogens is 4. The van der Waals surface area contributed by atoms with E-state index in [4.69, 9.17) is 9.97 Å². The topological polar surface area (TPSA) is 35.1 Å². The summed E-state index contributed by atoms with van der Waals surface area (Å²) >= 11 is 0. The lowest BCUT2D eigenvalue weighted by molar-refractivity contribution is 1.01. The normalized spacial score (nSPS) is 12.3. The Labute approximate surface area is 262 Å². The van der Waals surface area contributed by atoms with Crippen molar-refractivity contribution in [3.63, 3.8) is 0 Å². The Kier molecular flexibility index (Phi) is 4.55. The molecule has 0 aliphatic heterocycles. The third-order valence-electron chi connectivity index (χ3n) is 9.83. The largest absolute Gasteiger partial charge is 0.307 e. The number of hydrogen-bond acceptors (Lipinski definition) is 2. The molecule has 0 aliphatic rings. The Balaban J connectivity index is 1.39. The van der Waals surface area contributed by atoms with Crippen molar-refractivity contribution in [2.45, 2.75) is 0 Å². The summed E-state index contributed by atoms with van der Waals surface area (Å²) in [4.78, 5) is 10.6. The van der Waals surface area contributed by atoms with E-state index in [2.05, 4.69) is 148 Å². The zero-order chi connectivity index (χ0) is 29.9. The van der Waals surface area contributed by atoms with E-state index in [1.54, 1.807) is 0 Å². The molecule has 0 aliphatic carbocycles. The van der Waals surface area contributed by atoms with E-state index in [0.717, 1.165) is 33.2 Å². The van der Waals surface area contributed by atoms with Crippen LogP contribution in [0.15, 0.2) is 146 Å². The number of benzene rings is 7. The standard InChI is InChI=1S/C42H24N4/c1-2-13-26(14-3-1)39-29-17-6-9-19-33(29)43-42(44-39)45-35-21-11-8-18-30(35)37-36(45)24-32-28-16-7-10-20-34(28)46-40-27-15-5-4-12-25(27)22-23-31(40)38(37)41(32)46/h1-24H. The molecule has 0 bridgehead atoms. The molecule has 0 N–H and O–H groups in total. The van der Waals surface area contributed by atoms with Crippen molar-refractivity contribution in [3.8, 4) is 17.2 Å². The fraction of sp³-hybridized carbons (Fsp3) is 0. The van der Waals surface area contributed by atoms with Gasteiger partial charge in [0.05, 0.1) is 38.8 Å². The second-order valence-corrected chi connectivity index (χ2v) is 12.2. The van der Waals surface area contributed by atoms with Gasteiger partial charge in [-0.25, -0.2) is 9.97 Å². The first-order valence-corrected chi connectivity index (χ1v) is 15.7. The van der Waals surface area contributed by atoms with Gasteiger partial charge in [-0.15, -0.1) is 0 Å². The first kappa shape index (κ1) is 24.1. The maximum absolute atomic E-state index is 5.34. The summed E-state index contributed by atoms with van der Waals surface area (Å²) in [5.74, 6) is 0.677. The van der Waals surface area contributed by atoms with Gasteiger partial charge in [0.2, 0.25) is 5.95 Å². The number of rotatable bonds is 2. The number of hydrogen-bond donors (Lipinski definition) is 0. The third kappa shape index (κ3) is 2.98. The minimum atomic E-state index is 0.677. The molecule has 11 rings (SSSR count). The summed E-state index contributed by atoms with van der Waals surface area (Å²) in [6, 6.07) is 52.0. The Bertz CT molecular complexity index is 3020. The van der Waals surface area contributed by atoms with Crippen molar-refractivity contribution < 1.29 is 0 Å². The monoisotopic (exact) mass is 584 g/mol. The maximum atomic E-state index is 5.34.